The molecule has 0 spiro atoms. The second-order valence-electron chi connectivity index (χ2n) is 10.1. The average molecular weight is 626 g/mol. The monoisotopic (exact) mass is 625 g/mol. The van der Waals surface area contributed by atoms with Crippen molar-refractivity contribution in [1.82, 2.24) is 4.98 Å². The van der Waals surface area contributed by atoms with Crippen molar-refractivity contribution in [3.63, 3.8) is 0 Å². The summed E-state index contributed by atoms with van der Waals surface area (Å²) in [6, 6.07) is 37.8. The lowest BCUT2D eigenvalue weighted by molar-refractivity contribution is 0.0779. The summed E-state index contributed by atoms with van der Waals surface area (Å²) in [5.74, 6) is 1.62. The Kier molecular flexibility index (Phi) is 11.2. The molecule has 0 atom stereocenters. The summed E-state index contributed by atoms with van der Waals surface area (Å²) in [4.78, 5) is 4.81. The predicted molar refractivity (Wildman–Crippen MR) is 172 cm³/mol. The third-order valence-electron chi connectivity index (χ3n) is 6.72. The number of aryl methyl sites for hydroxylation is 1. The summed E-state index contributed by atoms with van der Waals surface area (Å²) in [6.45, 7) is 3.28. The van der Waals surface area contributed by atoms with Crippen molar-refractivity contribution in [2.45, 2.75) is 25.0 Å². The van der Waals surface area contributed by atoms with Crippen LogP contribution in [0.2, 0.25) is 0 Å². The van der Waals surface area contributed by atoms with Crippen LogP contribution in [-0.2, 0) is 32.3 Å². The first kappa shape index (κ1) is 31.7. The molecule has 0 aliphatic rings. The van der Waals surface area contributed by atoms with Gasteiger partial charge >= 0.3 is 0 Å². The van der Waals surface area contributed by atoms with Crippen molar-refractivity contribution < 1.29 is 31.5 Å². The van der Waals surface area contributed by atoms with Crippen LogP contribution >= 0.6 is 0 Å². The molecule has 232 valence electrons. The van der Waals surface area contributed by atoms with Crippen LogP contribution in [0.15, 0.2) is 126 Å². The van der Waals surface area contributed by atoms with E-state index in [1.807, 2.05) is 104 Å². The molecule has 45 heavy (non-hydrogen) atoms. The molecule has 0 aliphatic heterocycles. The van der Waals surface area contributed by atoms with Gasteiger partial charge in [-0.2, -0.15) is 13.4 Å². The summed E-state index contributed by atoms with van der Waals surface area (Å²) in [6.07, 6.45) is 0. The molecular formula is C36H35NO7S. The van der Waals surface area contributed by atoms with Gasteiger partial charge in [-0.3, -0.25) is 4.18 Å². The zero-order chi connectivity index (χ0) is 31.3. The van der Waals surface area contributed by atoms with E-state index in [2.05, 4.69) is 4.98 Å². The van der Waals surface area contributed by atoms with Gasteiger partial charge in [-0.25, -0.2) is 0 Å². The fraction of sp³-hybridized carbons (Fsp3) is 0.194. The summed E-state index contributed by atoms with van der Waals surface area (Å²) in [5.41, 5.74) is 4.80. The summed E-state index contributed by atoms with van der Waals surface area (Å²) < 4.78 is 53.0. The molecule has 5 aromatic rings. The highest BCUT2D eigenvalue weighted by Gasteiger charge is 2.15. The highest BCUT2D eigenvalue weighted by Crippen LogP contribution is 2.32. The Labute approximate surface area is 264 Å². The van der Waals surface area contributed by atoms with E-state index in [1.165, 1.54) is 12.1 Å². The van der Waals surface area contributed by atoms with Crippen LogP contribution in [0.5, 0.6) is 17.5 Å². The van der Waals surface area contributed by atoms with Crippen LogP contribution in [-0.4, -0.2) is 39.8 Å². The molecule has 1 heterocycles. The zero-order valence-corrected chi connectivity index (χ0v) is 25.8. The number of rotatable bonds is 16. The maximum atomic E-state index is 12.2. The molecule has 9 heteroatoms. The summed E-state index contributed by atoms with van der Waals surface area (Å²) >= 11 is 0. The van der Waals surface area contributed by atoms with E-state index in [0.29, 0.717) is 37.3 Å². The number of nitrogens with zero attached hydrogens (tertiary/aromatic N) is 1. The minimum atomic E-state index is -3.81. The van der Waals surface area contributed by atoms with Crippen LogP contribution < -0.4 is 14.2 Å². The first-order chi connectivity index (χ1) is 22.0. The molecule has 0 unspecified atom stereocenters. The molecule has 1 aromatic heterocycles. The Hall–Kier alpha value is -4.70. The fourth-order valence-electron chi connectivity index (χ4n) is 4.32. The van der Waals surface area contributed by atoms with E-state index in [0.717, 1.165) is 27.8 Å². The molecule has 5 rings (SSSR count). The highest BCUT2D eigenvalue weighted by molar-refractivity contribution is 7.86. The average Bonchev–Trinajstić information content (AvgIpc) is 3.07. The van der Waals surface area contributed by atoms with Crippen LogP contribution in [0.3, 0.4) is 0 Å². The van der Waals surface area contributed by atoms with E-state index in [1.54, 1.807) is 12.1 Å². The van der Waals surface area contributed by atoms with Crippen molar-refractivity contribution in [2.24, 2.45) is 0 Å². The van der Waals surface area contributed by atoms with Crippen LogP contribution in [0.4, 0.5) is 0 Å². The number of pyridine rings is 1. The summed E-state index contributed by atoms with van der Waals surface area (Å²) in [5, 5.41) is 0. The van der Waals surface area contributed by atoms with Gasteiger partial charge in [-0.1, -0.05) is 90.5 Å². The lowest BCUT2D eigenvalue weighted by atomic mass is 10.1. The largest absolute Gasteiger partial charge is 0.491 e. The minimum absolute atomic E-state index is 0.0797. The number of aromatic nitrogens is 1. The van der Waals surface area contributed by atoms with E-state index < -0.39 is 10.1 Å². The summed E-state index contributed by atoms with van der Waals surface area (Å²) in [7, 11) is -3.81. The molecule has 4 aromatic carbocycles. The number of hydrogen-bond donors (Lipinski definition) is 0. The smallest absolute Gasteiger partial charge is 0.297 e. The Morgan fingerprint density at radius 1 is 0.600 bits per heavy atom. The van der Waals surface area contributed by atoms with Gasteiger partial charge in [0, 0.05) is 11.6 Å². The lowest BCUT2D eigenvalue weighted by Crippen LogP contribution is -2.14. The molecule has 0 fully saturated rings. The SMILES string of the molecule is Cc1ccc(S(=O)(=O)OCCOCCOc2ccc(-c3ccc(OCc4ccccc4)nc3OCc3ccccc3)cc2)cc1. The van der Waals surface area contributed by atoms with Gasteiger partial charge in [-0.05, 0) is 53.9 Å². The third-order valence-corrected chi connectivity index (χ3v) is 8.05. The molecule has 0 bridgehead atoms. The molecule has 0 amide bonds. The number of benzene rings is 4. The van der Waals surface area contributed by atoms with Gasteiger partial charge in [-0.15, -0.1) is 0 Å². The molecule has 8 nitrogen and oxygen atoms in total. The van der Waals surface area contributed by atoms with Crippen molar-refractivity contribution >= 4 is 10.1 Å². The van der Waals surface area contributed by atoms with Crippen LogP contribution in [0.25, 0.3) is 11.1 Å². The predicted octanol–water partition coefficient (Wildman–Crippen LogP) is 7.02. The van der Waals surface area contributed by atoms with E-state index >= 15 is 0 Å². The Bertz CT molecular complexity index is 1730. The van der Waals surface area contributed by atoms with Gasteiger partial charge in [0.2, 0.25) is 11.8 Å². The second-order valence-corrected chi connectivity index (χ2v) is 11.7. The van der Waals surface area contributed by atoms with Crippen molar-refractivity contribution in [3.05, 3.63) is 138 Å². The van der Waals surface area contributed by atoms with Gasteiger partial charge in [0.25, 0.3) is 10.1 Å². The van der Waals surface area contributed by atoms with E-state index in [-0.39, 0.29) is 24.7 Å². The van der Waals surface area contributed by atoms with Gasteiger partial charge in [0.1, 0.15) is 25.6 Å². The fourth-order valence-corrected chi connectivity index (χ4v) is 5.21. The van der Waals surface area contributed by atoms with Crippen molar-refractivity contribution in [1.29, 1.82) is 0 Å². The van der Waals surface area contributed by atoms with E-state index in [4.69, 9.17) is 23.1 Å². The molecular weight excluding hydrogens is 590 g/mol. The Balaban J connectivity index is 1.13. The van der Waals surface area contributed by atoms with Crippen molar-refractivity contribution in [2.75, 3.05) is 26.4 Å². The van der Waals surface area contributed by atoms with Crippen molar-refractivity contribution in [3.8, 4) is 28.6 Å². The molecule has 0 saturated heterocycles. The highest BCUT2D eigenvalue weighted by atomic mass is 32.2. The molecule has 0 N–H and O–H groups in total. The number of hydrogen-bond acceptors (Lipinski definition) is 8. The molecule has 0 radical (unpaired) electrons. The quantitative estimate of drug-likeness (QED) is 0.0854. The van der Waals surface area contributed by atoms with Crippen LogP contribution in [0.1, 0.15) is 16.7 Å². The maximum absolute atomic E-state index is 12.2. The molecule has 0 saturated carbocycles. The maximum Gasteiger partial charge on any atom is 0.297 e. The van der Waals surface area contributed by atoms with E-state index in [9.17, 15) is 8.42 Å². The first-order valence-electron chi connectivity index (χ1n) is 14.6. The first-order valence-corrected chi connectivity index (χ1v) is 16.0. The zero-order valence-electron chi connectivity index (χ0n) is 25.0. The minimum Gasteiger partial charge on any atom is -0.491 e. The van der Waals surface area contributed by atoms with Crippen LogP contribution in [0, 0.1) is 6.92 Å². The normalized spacial score (nSPS) is 11.2. The molecule has 0 aliphatic carbocycles. The third kappa shape index (κ3) is 9.64. The Morgan fingerprint density at radius 3 is 1.89 bits per heavy atom. The Morgan fingerprint density at radius 2 is 1.22 bits per heavy atom. The van der Waals surface area contributed by atoms with Gasteiger partial charge in [0.05, 0.1) is 24.7 Å². The van der Waals surface area contributed by atoms with Gasteiger partial charge < -0.3 is 18.9 Å². The topological polar surface area (TPSA) is 93.2 Å². The van der Waals surface area contributed by atoms with Gasteiger partial charge in [0.15, 0.2) is 0 Å². The lowest BCUT2D eigenvalue weighted by Gasteiger charge is -2.14. The number of ether oxygens (including phenoxy) is 4. The standard InChI is InChI=1S/C36H35NO7S/c1-28-12-18-33(19-13-28)45(38,39)44-25-23-40-22-24-41-32-16-14-31(15-17-32)34-20-21-35(42-26-29-8-4-2-5-9-29)37-36(34)43-27-30-10-6-3-7-11-30/h2-21H,22-27H2,1H3. The second kappa shape index (κ2) is 15.9.